The van der Waals surface area contributed by atoms with Gasteiger partial charge in [-0.2, -0.15) is 5.26 Å². The Morgan fingerprint density at radius 1 is 1.00 bits per heavy atom. The molecular weight excluding hydrogens is 420 g/mol. The number of nitrogens with zero attached hydrogens (tertiary/aromatic N) is 5. The van der Waals surface area contributed by atoms with Crippen LogP contribution in [0.1, 0.15) is 17.8 Å². The monoisotopic (exact) mass is 444 g/mol. The van der Waals surface area contributed by atoms with Crippen LogP contribution in [0.5, 0.6) is 0 Å². The fourth-order valence-corrected chi connectivity index (χ4v) is 4.47. The fraction of sp³-hybridized carbons (Fsp3) is 0.280. The van der Waals surface area contributed by atoms with E-state index in [2.05, 4.69) is 38.5 Å². The molecule has 0 radical (unpaired) electrons. The molecule has 32 heavy (non-hydrogen) atoms. The van der Waals surface area contributed by atoms with Crippen LogP contribution >= 0.6 is 11.6 Å². The largest absolute Gasteiger partial charge is 0.346 e. The third-order valence-electron chi connectivity index (χ3n) is 6.14. The molecule has 1 aromatic carbocycles. The Morgan fingerprint density at radius 2 is 1.81 bits per heavy atom. The van der Waals surface area contributed by atoms with Crippen LogP contribution in [-0.2, 0) is 6.54 Å². The van der Waals surface area contributed by atoms with E-state index in [0.717, 1.165) is 72.3 Å². The number of aromatic amines is 1. The van der Waals surface area contributed by atoms with Crippen LogP contribution < -0.4 is 0 Å². The Bertz CT molecular complexity index is 1280. The number of H-pyrrole nitrogens is 1. The molecule has 3 aromatic heterocycles. The van der Waals surface area contributed by atoms with Gasteiger partial charge >= 0.3 is 0 Å². The van der Waals surface area contributed by atoms with Gasteiger partial charge in [-0.3, -0.25) is 4.90 Å². The van der Waals surface area contributed by atoms with Crippen molar-refractivity contribution < 1.29 is 0 Å². The number of halogens is 1. The highest BCUT2D eigenvalue weighted by Gasteiger charge is 2.20. The van der Waals surface area contributed by atoms with Crippen molar-refractivity contribution in [2.24, 2.45) is 0 Å². The molecule has 0 unspecified atom stereocenters. The second-order valence-corrected chi connectivity index (χ2v) is 8.83. The molecule has 0 spiro atoms. The highest BCUT2D eigenvalue weighted by molar-refractivity contribution is 6.30. The van der Waals surface area contributed by atoms with Crippen LogP contribution in [0.3, 0.4) is 0 Å². The number of hydrogen-bond donors (Lipinski definition) is 1. The topological polar surface area (TPSA) is 63.4 Å². The van der Waals surface area contributed by atoms with Crippen molar-refractivity contribution in [3.63, 3.8) is 0 Å². The molecule has 1 N–H and O–H groups in total. The van der Waals surface area contributed by atoms with Gasteiger partial charge in [0.25, 0.3) is 0 Å². The minimum absolute atomic E-state index is 0.557. The summed E-state index contributed by atoms with van der Waals surface area (Å²) in [6, 6.07) is 17.9. The predicted molar refractivity (Wildman–Crippen MR) is 128 cm³/mol. The lowest BCUT2D eigenvalue weighted by Crippen LogP contribution is -2.29. The maximum Gasteiger partial charge on any atom is 0.137 e. The molecule has 1 saturated heterocycles. The van der Waals surface area contributed by atoms with E-state index in [1.165, 1.54) is 5.69 Å². The number of hydrogen-bond acceptors (Lipinski definition) is 4. The summed E-state index contributed by atoms with van der Waals surface area (Å²) in [6.45, 7) is 5.12. The smallest absolute Gasteiger partial charge is 0.137 e. The molecule has 1 aliphatic rings. The third kappa shape index (κ3) is 4.15. The Kier molecular flexibility index (Phi) is 5.71. The molecule has 6 nitrogen and oxygen atoms in total. The van der Waals surface area contributed by atoms with E-state index in [9.17, 15) is 5.26 Å². The number of nitrogens with one attached hydrogen (secondary N) is 1. The third-order valence-corrected chi connectivity index (χ3v) is 6.39. The number of aromatic nitrogens is 3. The van der Waals surface area contributed by atoms with Crippen LogP contribution in [0.4, 0.5) is 0 Å². The molecule has 7 heteroatoms. The molecule has 0 aliphatic carbocycles. The van der Waals surface area contributed by atoms with Gasteiger partial charge in [0.1, 0.15) is 17.4 Å². The lowest BCUT2D eigenvalue weighted by Gasteiger charge is -2.20. The molecule has 1 aliphatic heterocycles. The Hall–Kier alpha value is -3.11. The van der Waals surface area contributed by atoms with Gasteiger partial charge in [0, 0.05) is 47.7 Å². The maximum absolute atomic E-state index is 9.17. The molecule has 5 rings (SSSR count). The van der Waals surface area contributed by atoms with E-state index in [1.807, 2.05) is 42.5 Å². The molecule has 162 valence electrons. The van der Waals surface area contributed by atoms with Crippen molar-refractivity contribution >= 4 is 17.2 Å². The van der Waals surface area contributed by atoms with Crippen LogP contribution in [0.2, 0.25) is 5.02 Å². The minimum atomic E-state index is 0.557. The van der Waals surface area contributed by atoms with Crippen molar-refractivity contribution in [2.45, 2.75) is 13.0 Å². The van der Waals surface area contributed by atoms with E-state index in [-0.39, 0.29) is 0 Å². The fourth-order valence-electron chi connectivity index (χ4n) is 4.34. The van der Waals surface area contributed by atoms with Gasteiger partial charge in [-0.05, 0) is 63.0 Å². The van der Waals surface area contributed by atoms with Crippen molar-refractivity contribution in [3.8, 4) is 28.6 Å². The second-order valence-electron chi connectivity index (χ2n) is 8.39. The number of rotatable bonds is 4. The quantitative estimate of drug-likeness (QED) is 0.497. The van der Waals surface area contributed by atoms with E-state index in [4.69, 9.17) is 16.6 Å². The lowest BCUT2D eigenvalue weighted by atomic mass is 10.1. The summed E-state index contributed by atoms with van der Waals surface area (Å²) in [5.74, 6) is 0. The van der Waals surface area contributed by atoms with Gasteiger partial charge < -0.3 is 14.3 Å². The zero-order chi connectivity index (χ0) is 22.1. The van der Waals surface area contributed by atoms with Crippen LogP contribution in [0.25, 0.3) is 28.2 Å². The minimum Gasteiger partial charge on any atom is -0.346 e. The van der Waals surface area contributed by atoms with Crippen molar-refractivity contribution in [1.82, 2.24) is 24.2 Å². The van der Waals surface area contributed by atoms with Gasteiger partial charge in [0.2, 0.25) is 0 Å². The van der Waals surface area contributed by atoms with E-state index in [0.29, 0.717) is 5.69 Å². The van der Waals surface area contributed by atoms with Gasteiger partial charge in [-0.1, -0.05) is 23.7 Å². The van der Waals surface area contributed by atoms with Gasteiger partial charge in [-0.15, -0.1) is 0 Å². The summed E-state index contributed by atoms with van der Waals surface area (Å²) in [6.07, 6.45) is 3.28. The molecular formula is C25H25ClN6. The first kappa shape index (κ1) is 20.8. The zero-order valence-corrected chi connectivity index (χ0v) is 18.8. The average Bonchev–Trinajstić information content (AvgIpc) is 3.36. The summed E-state index contributed by atoms with van der Waals surface area (Å²) in [5.41, 5.74) is 6.63. The van der Waals surface area contributed by atoms with Gasteiger partial charge in [-0.25, -0.2) is 4.98 Å². The van der Waals surface area contributed by atoms with E-state index < -0.39 is 0 Å². The maximum atomic E-state index is 9.17. The Morgan fingerprint density at radius 3 is 2.59 bits per heavy atom. The highest BCUT2D eigenvalue weighted by atomic mass is 35.5. The first-order chi connectivity index (χ1) is 15.6. The molecule has 4 heterocycles. The molecule has 0 bridgehead atoms. The van der Waals surface area contributed by atoms with Crippen molar-refractivity contribution in [3.05, 3.63) is 71.1 Å². The molecule has 0 atom stereocenters. The summed E-state index contributed by atoms with van der Waals surface area (Å²) in [7, 11) is 2.19. The Balaban J connectivity index is 1.60. The van der Waals surface area contributed by atoms with Crippen molar-refractivity contribution in [1.29, 1.82) is 5.26 Å². The number of likely N-dealkylation sites (N-methyl/N-ethyl adjacent to an activating group) is 1. The number of benzene rings is 1. The Labute approximate surface area is 192 Å². The van der Waals surface area contributed by atoms with Crippen LogP contribution in [0.15, 0.2) is 54.7 Å². The molecule has 0 saturated carbocycles. The number of nitriles is 1. The number of imidazole rings is 1. The summed E-state index contributed by atoms with van der Waals surface area (Å²) >= 11 is 6.14. The summed E-state index contributed by atoms with van der Waals surface area (Å²) < 4.78 is 2.20. The van der Waals surface area contributed by atoms with E-state index >= 15 is 0 Å². The predicted octanol–water partition coefficient (Wildman–Crippen LogP) is 4.66. The van der Waals surface area contributed by atoms with Crippen LogP contribution in [0, 0.1) is 11.3 Å². The first-order valence-corrected chi connectivity index (χ1v) is 11.3. The van der Waals surface area contributed by atoms with Gasteiger partial charge in [0.05, 0.1) is 11.4 Å². The first-order valence-electron chi connectivity index (χ1n) is 10.9. The molecule has 4 aromatic rings. The average molecular weight is 445 g/mol. The number of pyridine rings is 1. The molecule has 1 fully saturated rings. The lowest BCUT2D eigenvalue weighted by molar-refractivity contribution is 0.266. The summed E-state index contributed by atoms with van der Waals surface area (Å²) in [4.78, 5) is 13.1. The number of fused-ring (bicyclic) bond motifs is 1. The normalized spacial score (nSPS) is 15.7. The van der Waals surface area contributed by atoms with Crippen LogP contribution in [-0.4, -0.2) is 57.4 Å². The second kappa shape index (κ2) is 8.79. The SMILES string of the molecule is CN1CCCN(Cc2c(-c3ccc(Cl)cc3)nc3ccc(-c4ccc(C#N)[nH]4)cn23)CC1. The standard InChI is InChI=1S/C25H25ClN6/c1-30-11-2-12-31(14-13-30)17-23-25(18-3-6-20(26)7-4-18)29-24-10-5-19(16-32(23)24)22-9-8-21(15-27)28-22/h3-10,16,28H,2,11-14,17H2,1H3. The van der Waals surface area contributed by atoms with E-state index in [1.54, 1.807) is 6.07 Å². The zero-order valence-electron chi connectivity index (χ0n) is 18.1. The van der Waals surface area contributed by atoms with Gasteiger partial charge in [0.15, 0.2) is 0 Å². The summed E-state index contributed by atoms with van der Waals surface area (Å²) in [5, 5.41) is 9.89. The highest BCUT2D eigenvalue weighted by Crippen LogP contribution is 2.29. The molecule has 0 amide bonds. The van der Waals surface area contributed by atoms with Crippen molar-refractivity contribution in [2.75, 3.05) is 33.2 Å².